The van der Waals surface area contributed by atoms with Crippen molar-refractivity contribution in [3.8, 4) is 0 Å². The molecule has 1 fully saturated rings. The summed E-state index contributed by atoms with van der Waals surface area (Å²) in [5.74, 6) is 4.56. The molecule has 12 heavy (non-hydrogen) atoms. The molecule has 0 aliphatic carbocycles. The van der Waals surface area contributed by atoms with Crippen LogP contribution in [-0.4, -0.2) is 24.6 Å². The fourth-order valence-corrected chi connectivity index (χ4v) is 2.85. The van der Waals surface area contributed by atoms with E-state index in [0.717, 1.165) is 11.8 Å². The first kappa shape index (κ1) is 10.4. The van der Waals surface area contributed by atoms with Crippen LogP contribution in [0.25, 0.3) is 0 Å². The summed E-state index contributed by atoms with van der Waals surface area (Å²) in [6, 6.07) is 0. The van der Waals surface area contributed by atoms with E-state index >= 15 is 0 Å². The van der Waals surface area contributed by atoms with Gasteiger partial charge in [0.2, 0.25) is 0 Å². The van der Waals surface area contributed by atoms with E-state index in [-0.39, 0.29) is 0 Å². The van der Waals surface area contributed by atoms with Crippen molar-refractivity contribution in [1.82, 2.24) is 5.32 Å². The average molecular weight is 187 g/mol. The van der Waals surface area contributed by atoms with E-state index < -0.39 is 0 Å². The molecule has 1 atom stereocenters. The van der Waals surface area contributed by atoms with Crippen molar-refractivity contribution in [3.05, 3.63) is 0 Å². The fourth-order valence-electron chi connectivity index (χ4n) is 1.43. The lowest BCUT2D eigenvalue weighted by molar-refractivity contribution is 0.628. The van der Waals surface area contributed by atoms with E-state index in [1.165, 1.54) is 37.4 Å². The second-order valence-corrected chi connectivity index (χ2v) is 5.27. The van der Waals surface area contributed by atoms with Crippen molar-refractivity contribution in [1.29, 1.82) is 0 Å². The van der Waals surface area contributed by atoms with Crippen LogP contribution >= 0.6 is 11.8 Å². The number of hydrogen-bond donors (Lipinski definition) is 1. The maximum atomic E-state index is 3.41. The molecule has 1 unspecified atom stereocenters. The van der Waals surface area contributed by atoms with Gasteiger partial charge in [-0.2, -0.15) is 11.8 Å². The quantitative estimate of drug-likeness (QED) is 0.663. The van der Waals surface area contributed by atoms with Crippen LogP contribution in [-0.2, 0) is 0 Å². The normalized spacial score (nSPS) is 23.8. The van der Waals surface area contributed by atoms with Crippen LogP contribution in [0.15, 0.2) is 0 Å². The van der Waals surface area contributed by atoms with Crippen LogP contribution < -0.4 is 5.32 Å². The molecule has 1 heterocycles. The van der Waals surface area contributed by atoms with Crippen molar-refractivity contribution in [2.45, 2.75) is 26.7 Å². The minimum atomic E-state index is 0.874. The smallest absolute Gasteiger partial charge is 0.00121 e. The third-order valence-corrected chi connectivity index (χ3v) is 3.59. The minimum absolute atomic E-state index is 0.874. The topological polar surface area (TPSA) is 12.0 Å². The van der Waals surface area contributed by atoms with Crippen LogP contribution in [0.1, 0.15) is 26.7 Å². The Balaban J connectivity index is 1.88. The fraction of sp³-hybridized carbons (Fsp3) is 1.00. The van der Waals surface area contributed by atoms with Crippen LogP contribution in [0.3, 0.4) is 0 Å². The summed E-state index contributed by atoms with van der Waals surface area (Å²) in [7, 11) is 0. The largest absolute Gasteiger partial charge is 0.316 e. The van der Waals surface area contributed by atoms with Gasteiger partial charge in [-0.3, -0.25) is 0 Å². The molecule has 1 aliphatic heterocycles. The van der Waals surface area contributed by atoms with Gasteiger partial charge in [-0.15, -0.1) is 0 Å². The van der Waals surface area contributed by atoms with Gasteiger partial charge in [0.05, 0.1) is 0 Å². The molecule has 0 radical (unpaired) electrons. The molecule has 1 N–H and O–H groups in total. The van der Waals surface area contributed by atoms with Crippen LogP contribution in [0.5, 0.6) is 0 Å². The third-order valence-electron chi connectivity index (χ3n) is 2.36. The summed E-state index contributed by atoms with van der Waals surface area (Å²) in [6.45, 7) is 7.11. The Morgan fingerprint density at radius 2 is 2.33 bits per heavy atom. The molecule has 0 aromatic rings. The van der Waals surface area contributed by atoms with E-state index in [2.05, 4.69) is 30.9 Å². The molecule has 0 amide bonds. The number of thioether (sulfide) groups is 1. The van der Waals surface area contributed by atoms with Crippen molar-refractivity contribution in [3.63, 3.8) is 0 Å². The lowest BCUT2D eigenvalue weighted by atomic mass is 10.2. The first-order chi connectivity index (χ1) is 5.79. The lowest BCUT2D eigenvalue weighted by Gasteiger charge is -2.08. The Kier molecular flexibility index (Phi) is 5.08. The van der Waals surface area contributed by atoms with Gasteiger partial charge < -0.3 is 5.32 Å². The standard InChI is InChI=1S/C10H21NS/c1-9(2)4-6-12-8-10-3-5-11-7-10/h9-11H,3-8H2,1-2H3. The van der Waals surface area contributed by atoms with Crippen LogP contribution in [0.4, 0.5) is 0 Å². The molecule has 72 valence electrons. The highest BCUT2D eigenvalue weighted by atomic mass is 32.2. The molecule has 0 aromatic carbocycles. The summed E-state index contributed by atoms with van der Waals surface area (Å²) >= 11 is 2.14. The Bertz CT molecular complexity index is 108. The summed E-state index contributed by atoms with van der Waals surface area (Å²) in [4.78, 5) is 0. The molecule has 1 aliphatic rings. The average Bonchev–Trinajstić information content (AvgIpc) is 2.49. The molecular weight excluding hydrogens is 166 g/mol. The van der Waals surface area contributed by atoms with Gasteiger partial charge in [0.25, 0.3) is 0 Å². The lowest BCUT2D eigenvalue weighted by Crippen LogP contribution is -2.10. The zero-order chi connectivity index (χ0) is 8.81. The SMILES string of the molecule is CC(C)CCSCC1CCNC1. The van der Waals surface area contributed by atoms with Gasteiger partial charge in [0.1, 0.15) is 0 Å². The van der Waals surface area contributed by atoms with Gasteiger partial charge >= 0.3 is 0 Å². The van der Waals surface area contributed by atoms with Crippen molar-refractivity contribution in [2.24, 2.45) is 11.8 Å². The maximum absolute atomic E-state index is 3.41. The highest BCUT2D eigenvalue weighted by Crippen LogP contribution is 2.16. The minimum Gasteiger partial charge on any atom is -0.316 e. The van der Waals surface area contributed by atoms with Gasteiger partial charge in [-0.05, 0) is 49.3 Å². The Morgan fingerprint density at radius 1 is 1.50 bits per heavy atom. The first-order valence-corrected chi connectivity index (χ1v) is 6.23. The molecule has 0 spiro atoms. The summed E-state index contributed by atoms with van der Waals surface area (Å²) in [6.07, 6.45) is 2.78. The van der Waals surface area contributed by atoms with Crippen molar-refractivity contribution >= 4 is 11.8 Å². The van der Waals surface area contributed by atoms with E-state index in [1.807, 2.05) is 0 Å². The predicted molar refractivity (Wildman–Crippen MR) is 57.8 cm³/mol. The zero-order valence-electron chi connectivity index (χ0n) is 8.31. The van der Waals surface area contributed by atoms with Gasteiger partial charge in [0, 0.05) is 0 Å². The first-order valence-electron chi connectivity index (χ1n) is 5.07. The van der Waals surface area contributed by atoms with Crippen molar-refractivity contribution < 1.29 is 0 Å². The molecule has 0 saturated carbocycles. The summed E-state index contributed by atoms with van der Waals surface area (Å²) in [5, 5.41) is 3.41. The van der Waals surface area contributed by atoms with Crippen LogP contribution in [0.2, 0.25) is 0 Å². The molecule has 1 rings (SSSR count). The Hall–Kier alpha value is 0.310. The Labute approximate surface area is 80.7 Å². The molecule has 1 saturated heterocycles. The van der Waals surface area contributed by atoms with Gasteiger partial charge in [-0.1, -0.05) is 13.8 Å². The van der Waals surface area contributed by atoms with Crippen LogP contribution in [0, 0.1) is 11.8 Å². The number of hydrogen-bond acceptors (Lipinski definition) is 2. The second-order valence-electron chi connectivity index (χ2n) is 4.12. The maximum Gasteiger partial charge on any atom is -0.00121 e. The Morgan fingerprint density at radius 3 is 2.92 bits per heavy atom. The van der Waals surface area contributed by atoms with Gasteiger partial charge in [-0.25, -0.2) is 0 Å². The van der Waals surface area contributed by atoms with Crippen molar-refractivity contribution in [2.75, 3.05) is 24.6 Å². The summed E-state index contributed by atoms with van der Waals surface area (Å²) < 4.78 is 0. The highest BCUT2D eigenvalue weighted by Gasteiger charge is 2.13. The molecule has 0 aromatic heterocycles. The molecular formula is C10H21NS. The zero-order valence-corrected chi connectivity index (χ0v) is 9.12. The third kappa shape index (κ3) is 4.36. The molecule has 1 nitrogen and oxygen atoms in total. The predicted octanol–water partition coefficient (Wildman–Crippen LogP) is 2.38. The van der Waals surface area contributed by atoms with E-state index in [9.17, 15) is 0 Å². The number of rotatable bonds is 5. The highest BCUT2D eigenvalue weighted by molar-refractivity contribution is 7.99. The summed E-state index contributed by atoms with van der Waals surface area (Å²) in [5.41, 5.74) is 0. The monoisotopic (exact) mass is 187 g/mol. The number of nitrogens with one attached hydrogen (secondary N) is 1. The van der Waals surface area contributed by atoms with Gasteiger partial charge in [0.15, 0.2) is 0 Å². The molecule has 0 bridgehead atoms. The second kappa shape index (κ2) is 5.87. The van der Waals surface area contributed by atoms with E-state index in [0.29, 0.717) is 0 Å². The van der Waals surface area contributed by atoms with E-state index in [4.69, 9.17) is 0 Å². The van der Waals surface area contributed by atoms with E-state index in [1.54, 1.807) is 0 Å². The molecule has 2 heteroatoms.